The van der Waals surface area contributed by atoms with E-state index in [1.54, 1.807) is 6.07 Å². The van der Waals surface area contributed by atoms with Crippen LogP contribution in [0.15, 0.2) is 48.5 Å². The zero-order chi connectivity index (χ0) is 22.5. The van der Waals surface area contributed by atoms with E-state index in [9.17, 15) is 13.2 Å². The highest BCUT2D eigenvalue weighted by atomic mass is 32.2. The molecule has 6 heteroatoms. The fourth-order valence-electron chi connectivity index (χ4n) is 3.36. The number of sulfonamides is 1. The van der Waals surface area contributed by atoms with Crippen molar-refractivity contribution in [2.45, 2.75) is 58.9 Å². The molecule has 0 aromatic heterocycles. The van der Waals surface area contributed by atoms with Gasteiger partial charge < -0.3 is 5.32 Å². The Morgan fingerprint density at radius 1 is 1.07 bits per heavy atom. The zero-order valence-electron chi connectivity index (χ0n) is 18.9. The number of hydrogen-bond donors (Lipinski definition) is 1. The van der Waals surface area contributed by atoms with E-state index >= 15 is 0 Å². The highest BCUT2D eigenvalue weighted by Crippen LogP contribution is 2.24. The molecule has 2 aromatic carbocycles. The summed E-state index contributed by atoms with van der Waals surface area (Å²) in [4.78, 5) is 12.4. The topological polar surface area (TPSA) is 66.5 Å². The number of anilines is 1. The van der Waals surface area contributed by atoms with E-state index in [0.717, 1.165) is 11.1 Å². The molecule has 0 unspecified atom stereocenters. The summed E-state index contributed by atoms with van der Waals surface area (Å²) in [5, 5.41) is 3.01. The number of nitrogens with one attached hydrogen (secondary N) is 1. The number of aryl methyl sites for hydroxylation is 1. The van der Waals surface area contributed by atoms with Gasteiger partial charge in [-0.05, 0) is 48.4 Å². The van der Waals surface area contributed by atoms with Crippen molar-refractivity contribution in [1.82, 2.24) is 5.32 Å². The van der Waals surface area contributed by atoms with Crippen molar-refractivity contribution in [3.8, 4) is 0 Å². The maximum Gasteiger partial charge on any atom is 0.232 e. The van der Waals surface area contributed by atoms with Crippen LogP contribution in [0.3, 0.4) is 0 Å². The van der Waals surface area contributed by atoms with Gasteiger partial charge in [-0.3, -0.25) is 9.10 Å². The molecule has 164 valence electrons. The molecule has 0 aliphatic heterocycles. The highest BCUT2D eigenvalue weighted by Gasteiger charge is 2.19. The lowest BCUT2D eigenvalue weighted by molar-refractivity contribution is -0.121. The van der Waals surface area contributed by atoms with Crippen LogP contribution in [0, 0.1) is 6.92 Å². The van der Waals surface area contributed by atoms with Gasteiger partial charge in [0.15, 0.2) is 0 Å². The van der Waals surface area contributed by atoms with Crippen molar-refractivity contribution in [2.75, 3.05) is 17.1 Å². The minimum absolute atomic E-state index is 0.0827. The summed E-state index contributed by atoms with van der Waals surface area (Å²) in [6, 6.07) is 15.6. The molecule has 2 rings (SSSR count). The number of carbonyl (C=O) groups excluding carboxylic acids is 1. The van der Waals surface area contributed by atoms with Crippen molar-refractivity contribution in [3.63, 3.8) is 0 Å². The van der Waals surface area contributed by atoms with Crippen molar-refractivity contribution < 1.29 is 13.2 Å². The molecule has 0 bridgehead atoms. The third-order valence-corrected chi connectivity index (χ3v) is 6.38. The Hall–Kier alpha value is -2.34. The van der Waals surface area contributed by atoms with E-state index in [4.69, 9.17) is 0 Å². The van der Waals surface area contributed by atoms with Crippen molar-refractivity contribution in [1.29, 1.82) is 0 Å². The molecule has 1 N–H and O–H groups in total. The predicted octanol–water partition coefficient (Wildman–Crippen LogP) is 4.72. The van der Waals surface area contributed by atoms with Gasteiger partial charge in [-0.2, -0.15) is 0 Å². The molecule has 5 nitrogen and oxygen atoms in total. The Balaban J connectivity index is 1.94. The van der Waals surface area contributed by atoms with Crippen LogP contribution < -0.4 is 9.62 Å². The van der Waals surface area contributed by atoms with Crippen LogP contribution >= 0.6 is 0 Å². The highest BCUT2D eigenvalue weighted by molar-refractivity contribution is 7.92. The molecule has 0 aliphatic carbocycles. The Morgan fingerprint density at radius 3 is 2.20 bits per heavy atom. The summed E-state index contributed by atoms with van der Waals surface area (Å²) >= 11 is 0. The van der Waals surface area contributed by atoms with Crippen LogP contribution in [0.1, 0.15) is 63.3 Å². The first-order valence-electron chi connectivity index (χ1n) is 10.3. The second-order valence-corrected chi connectivity index (χ2v) is 10.8. The standard InChI is InChI=1S/C24H34N2O3S/c1-18-10-7-8-11-22(18)26(30(6,28)29)17-9-12-23(27)25-19(2)20-13-15-21(16-14-20)24(3,4)5/h7-8,10-11,13-16,19H,9,12,17H2,1-6H3,(H,25,27)/t19-/m0/s1. The Labute approximate surface area is 181 Å². The van der Waals surface area contributed by atoms with E-state index in [1.165, 1.54) is 16.1 Å². The first-order chi connectivity index (χ1) is 13.9. The summed E-state index contributed by atoms with van der Waals surface area (Å²) in [7, 11) is -3.42. The molecule has 0 saturated heterocycles. The first-order valence-corrected chi connectivity index (χ1v) is 12.2. The van der Waals surface area contributed by atoms with Crippen LogP contribution in [-0.2, 0) is 20.2 Å². The van der Waals surface area contributed by atoms with Gasteiger partial charge in [-0.15, -0.1) is 0 Å². The number of benzene rings is 2. The number of para-hydroxylation sites is 1. The zero-order valence-corrected chi connectivity index (χ0v) is 19.7. The molecule has 0 fully saturated rings. The average molecular weight is 431 g/mol. The quantitative estimate of drug-likeness (QED) is 0.659. The Bertz CT molecular complexity index is 961. The van der Waals surface area contributed by atoms with Gasteiger partial charge in [-0.25, -0.2) is 8.42 Å². The van der Waals surface area contributed by atoms with Gasteiger partial charge in [0.25, 0.3) is 0 Å². The summed E-state index contributed by atoms with van der Waals surface area (Å²) in [5.41, 5.74) is 3.94. The number of carbonyl (C=O) groups is 1. The molecule has 0 saturated carbocycles. The van der Waals surface area contributed by atoms with Crippen molar-refractivity contribution in [3.05, 3.63) is 65.2 Å². The normalized spacial score (nSPS) is 13.0. The minimum Gasteiger partial charge on any atom is -0.350 e. The number of hydrogen-bond acceptors (Lipinski definition) is 3. The molecule has 0 radical (unpaired) electrons. The lowest BCUT2D eigenvalue weighted by atomic mass is 9.86. The van der Waals surface area contributed by atoms with Crippen molar-refractivity contribution >= 4 is 21.6 Å². The van der Waals surface area contributed by atoms with Crippen LogP contribution in [0.25, 0.3) is 0 Å². The summed E-state index contributed by atoms with van der Waals surface area (Å²) < 4.78 is 25.9. The smallest absolute Gasteiger partial charge is 0.232 e. The van der Waals surface area contributed by atoms with E-state index in [2.05, 4.69) is 50.4 Å². The monoisotopic (exact) mass is 430 g/mol. The van der Waals surface area contributed by atoms with E-state index in [0.29, 0.717) is 12.1 Å². The van der Waals surface area contributed by atoms with Crippen LogP contribution in [0.4, 0.5) is 5.69 Å². The molecular weight excluding hydrogens is 396 g/mol. The predicted molar refractivity (Wildman–Crippen MR) is 124 cm³/mol. The van der Waals surface area contributed by atoms with E-state index in [-0.39, 0.29) is 30.3 Å². The molecule has 2 aromatic rings. The van der Waals surface area contributed by atoms with Gasteiger partial charge in [0.05, 0.1) is 18.0 Å². The fourth-order valence-corrected chi connectivity index (χ4v) is 4.38. The van der Waals surface area contributed by atoms with E-state index in [1.807, 2.05) is 32.0 Å². The molecule has 0 aliphatic rings. The second kappa shape index (κ2) is 9.65. The van der Waals surface area contributed by atoms with Gasteiger partial charge >= 0.3 is 0 Å². The minimum atomic E-state index is -3.42. The number of amides is 1. The van der Waals surface area contributed by atoms with Crippen LogP contribution in [0.2, 0.25) is 0 Å². The number of rotatable bonds is 8. The maximum atomic E-state index is 12.4. The molecule has 0 spiro atoms. The summed E-state index contributed by atoms with van der Waals surface area (Å²) in [6.45, 7) is 10.6. The first kappa shape index (κ1) is 23.9. The van der Waals surface area contributed by atoms with Crippen LogP contribution in [0.5, 0.6) is 0 Å². The third kappa shape index (κ3) is 6.59. The second-order valence-electron chi connectivity index (χ2n) is 8.89. The van der Waals surface area contributed by atoms with Crippen LogP contribution in [-0.4, -0.2) is 27.1 Å². The van der Waals surface area contributed by atoms with Crippen molar-refractivity contribution in [2.24, 2.45) is 0 Å². The van der Waals surface area contributed by atoms with Gasteiger partial charge in [-0.1, -0.05) is 63.2 Å². The molecule has 30 heavy (non-hydrogen) atoms. The molecular formula is C24H34N2O3S. The average Bonchev–Trinajstić information content (AvgIpc) is 2.64. The van der Waals surface area contributed by atoms with Gasteiger partial charge in [0.1, 0.15) is 0 Å². The molecule has 1 atom stereocenters. The van der Waals surface area contributed by atoms with Gasteiger partial charge in [0.2, 0.25) is 15.9 Å². The lowest BCUT2D eigenvalue weighted by Gasteiger charge is -2.24. The molecule has 0 heterocycles. The SMILES string of the molecule is Cc1ccccc1N(CCCC(=O)N[C@@H](C)c1ccc(C(C)(C)C)cc1)S(C)(=O)=O. The Morgan fingerprint density at radius 2 is 1.67 bits per heavy atom. The maximum absolute atomic E-state index is 12.4. The largest absolute Gasteiger partial charge is 0.350 e. The van der Waals surface area contributed by atoms with Gasteiger partial charge in [0, 0.05) is 13.0 Å². The number of nitrogens with zero attached hydrogens (tertiary/aromatic N) is 1. The summed E-state index contributed by atoms with van der Waals surface area (Å²) in [6.07, 6.45) is 1.91. The van der Waals surface area contributed by atoms with E-state index < -0.39 is 10.0 Å². The lowest BCUT2D eigenvalue weighted by Crippen LogP contribution is -2.33. The third-order valence-electron chi connectivity index (χ3n) is 5.20. The summed E-state index contributed by atoms with van der Waals surface area (Å²) in [5.74, 6) is -0.0827. The Kier molecular flexibility index (Phi) is 7.70. The fraction of sp³-hybridized carbons (Fsp3) is 0.458. The molecule has 1 amide bonds.